The number of hydrogen-bond acceptors (Lipinski definition) is 2. The topological polar surface area (TPSA) is 29.3 Å². The maximum Gasteiger partial charge on any atom is 0.0221 e. The Hall–Kier alpha value is 0.350. The van der Waals surface area contributed by atoms with Gasteiger partial charge in [-0.2, -0.15) is 0 Å². The molecule has 0 spiro atoms. The second-order valence-electron chi connectivity index (χ2n) is 13.3. The van der Waals surface area contributed by atoms with Gasteiger partial charge in [-0.15, -0.1) is 0 Å². The summed E-state index contributed by atoms with van der Waals surface area (Å²) in [7, 11) is 0.136. The van der Waals surface area contributed by atoms with Crippen LogP contribution in [0.3, 0.4) is 0 Å². The maximum absolute atomic E-state index is 6.39. The lowest BCUT2D eigenvalue weighted by Crippen LogP contribution is -2.57. The highest BCUT2D eigenvalue weighted by Crippen LogP contribution is 2.78. The van der Waals surface area contributed by atoms with Crippen LogP contribution in [0.4, 0.5) is 0 Å². The third-order valence-corrected chi connectivity index (χ3v) is 15.5. The highest BCUT2D eigenvalue weighted by atomic mass is 31.1. The zero-order valence-electron chi connectivity index (χ0n) is 20.5. The molecule has 0 aromatic carbocycles. The van der Waals surface area contributed by atoms with E-state index in [9.17, 15) is 0 Å². The molecule has 8 aliphatic rings. The zero-order chi connectivity index (χ0) is 21.2. The van der Waals surface area contributed by atoms with Gasteiger partial charge in [0, 0.05) is 12.6 Å². The predicted octanol–water partition coefficient (Wildman–Crippen LogP) is 6.47. The molecule has 1 unspecified atom stereocenters. The van der Waals surface area contributed by atoms with Crippen molar-refractivity contribution in [2.24, 2.45) is 41.2 Å². The Morgan fingerprint density at radius 1 is 0.710 bits per heavy atom. The first-order valence-corrected chi connectivity index (χ1v) is 15.8. The number of nitrogens with zero attached hydrogens (tertiary/aromatic N) is 1. The van der Waals surface area contributed by atoms with E-state index in [1.165, 1.54) is 19.5 Å². The summed E-state index contributed by atoms with van der Waals surface area (Å²) in [5.74, 6) is 6.66. The Labute approximate surface area is 193 Å². The molecule has 8 aliphatic carbocycles. The van der Waals surface area contributed by atoms with E-state index < -0.39 is 0 Å². The van der Waals surface area contributed by atoms with Crippen LogP contribution in [0.5, 0.6) is 0 Å². The highest BCUT2D eigenvalue weighted by molar-refractivity contribution is 7.61. The van der Waals surface area contributed by atoms with Gasteiger partial charge in [0.15, 0.2) is 0 Å². The van der Waals surface area contributed by atoms with E-state index in [4.69, 9.17) is 5.73 Å². The number of rotatable bonds is 9. The van der Waals surface area contributed by atoms with Crippen LogP contribution in [0, 0.1) is 35.5 Å². The molecule has 3 heteroatoms. The second kappa shape index (κ2) is 8.23. The van der Waals surface area contributed by atoms with E-state index in [2.05, 4.69) is 18.7 Å². The summed E-state index contributed by atoms with van der Waals surface area (Å²) in [6.07, 6.45) is 22.5. The minimum Gasteiger partial charge on any atom is -0.329 e. The molecular weight excluding hydrogens is 395 g/mol. The fourth-order valence-electron chi connectivity index (χ4n) is 11.2. The van der Waals surface area contributed by atoms with Gasteiger partial charge in [-0.05, 0) is 149 Å². The highest BCUT2D eigenvalue weighted by Gasteiger charge is 2.62. The van der Waals surface area contributed by atoms with Crippen molar-refractivity contribution in [1.82, 2.24) is 4.90 Å². The molecule has 0 heterocycles. The Morgan fingerprint density at radius 2 is 1.06 bits per heavy atom. The van der Waals surface area contributed by atoms with Crippen molar-refractivity contribution in [2.75, 3.05) is 25.8 Å². The van der Waals surface area contributed by atoms with E-state index in [0.717, 1.165) is 52.4 Å². The third kappa shape index (κ3) is 3.69. The van der Waals surface area contributed by atoms with Gasteiger partial charge in [-0.25, -0.2) is 0 Å². The molecule has 1 atom stereocenters. The summed E-state index contributed by atoms with van der Waals surface area (Å²) in [6.45, 7) is 7.89. The minimum absolute atomic E-state index is 0.136. The normalized spacial score (nSPS) is 49.2. The molecule has 2 nitrogen and oxygen atoms in total. The first-order chi connectivity index (χ1) is 15.0. The van der Waals surface area contributed by atoms with Gasteiger partial charge in [0.1, 0.15) is 0 Å². The molecule has 0 amide bonds. The second-order valence-corrected chi connectivity index (χ2v) is 16.5. The summed E-state index contributed by atoms with van der Waals surface area (Å²) >= 11 is 0. The van der Waals surface area contributed by atoms with Gasteiger partial charge < -0.3 is 5.73 Å². The van der Waals surface area contributed by atoms with Gasteiger partial charge >= 0.3 is 0 Å². The summed E-state index contributed by atoms with van der Waals surface area (Å²) in [5.41, 5.74) is 6.39. The van der Waals surface area contributed by atoms with Gasteiger partial charge in [-0.3, -0.25) is 4.90 Å². The van der Waals surface area contributed by atoms with Crippen molar-refractivity contribution in [1.29, 1.82) is 0 Å². The maximum atomic E-state index is 6.39. The van der Waals surface area contributed by atoms with Crippen LogP contribution in [-0.4, -0.2) is 47.1 Å². The monoisotopic (exact) mass is 444 g/mol. The lowest BCUT2D eigenvalue weighted by molar-refractivity contribution is 0.0184. The molecule has 0 aliphatic heterocycles. The molecule has 8 saturated carbocycles. The summed E-state index contributed by atoms with van der Waals surface area (Å²) in [5, 5.41) is 1.58. The zero-order valence-corrected chi connectivity index (χ0v) is 21.4. The molecule has 8 bridgehead atoms. The molecule has 2 N–H and O–H groups in total. The Balaban J connectivity index is 1.31. The van der Waals surface area contributed by atoms with Crippen molar-refractivity contribution >= 4 is 7.92 Å². The van der Waals surface area contributed by atoms with Crippen LogP contribution in [-0.2, 0) is 0 Å². The van der Waals surface area contributed by atoms with Crippen molar-refractivity contribution in [2.45, 2.75) is 114 Å². The SMILES string of the molecule is CCN(CC)C(CN)CCP(C12CC3CC(CC(C3)C1)C2)C12CC3CC(CC(C3)C1)C2. The third-order valence-electron chi connectivity index (χ3n) is 11.4. The molecule has 31 heavy (non-hydrogen) atoms. The Bertz CT molecular complexity index is 541. The molecule has 0 saturated heterocycles. The summed E-state index contributed by atoms with van der Waals surface area (Å²) in [4.78, 5) is 2.67. The number of nitrogens with two attached hydrogens (primary N) is 1. The first kappa shape index (κ1) is 21.9. The average molecular weight is 445 g/mol. The van der Waals surface area contributed by atoms with Crippen LogP contribution in [0.25, 0.3) is 0 Å². The fraction of sp³-hybridized carbons (Fsp3) is 1.00. The van der Waals surface area contributed by atoms with Crippen LogP contribution in [0.2, 0.25) is 0 Å². The summed E-state index contributed by atoms with van der Waals surface area (Å²) < 4.78 is 0. The van der Waals surface area contributed by atoms with Crippen molar-refractivity contribution in [3.8, 4) is 0 Å². The molecule has 8 rings (SSSR count). The quantitative estimate of drug-likeness (QED) is 0.413. The van der Waals surface area contributed by atoms with Gasteiger partial charge in [0.2, 0.25) is 0 Å². The van der Waals surface area contributed by atoms with Crippen molar-refractivity contribution in [3.63, 3.8) is 0 Å². The number of likely N-dealkylation sites (N-methyl/N-ethyl adjacent to an activating group) is 1. The standard InChI is InChI=1S/C28H49N2P/c1-3-30(4-2)26(19-29)5-6-31(27-13-20-7-21(14-27)9-22(8-20)15-27)28-16-23-10-24(17-28)12-25(11-23)18-28/h20-26H,3-19,29H2,1-2H3. The van der Waals surface area contributed by atoms with Crippen molar-refractivity contribution < 1.29 is 0 Å². The molecule has 0 radical (unpaired) electrons. The lowest BCUT2D eigenvalue weighted by Gasteiger charge is -2.67. The molecule has 0 aromatic rings. The smallest absolute Gasteiger partial charge is 0.0221 e. The molecule has 0 aromatic heterocycles. The van der Waals surface area contributed by atoms with Crippen LogP contribution in [0.1, 0.15) is 97.3 Å². The first-order valence-electron chi connectivity index (χ1n) is 14.3. The largest absolute Gasteiger partial charge is 0.329 e. The molecule has 176 valence electrons. The van der Waals surface area contributed by atoms with E-state index in [0.29, 0.717) is 6.04 Å². The fourth-order valence-corrected chi connectivity index (χ4v) is 16.6. The minimum atomic E-state index is 0.136. The van der Waals surface area contributed by atoms with Crippen LogP contribution < -0.4 is 5.73 Å². The van der Waals surface area contributed by atoms with Crippen LogP contribution in [0.15, 0.2) is 0 Å². The Kier molecular flexibility index (Phi) is 5.80. The summed E-state index contributed by atoms with van der Waals surface area (Å²) in [6, 6.07) is 0.628. The van der Waals surface area contributed by atoms with Gasteiger partial charge in [0.05, 0.1) is 0 Å². The average Bonchev–Trinajstić information content (AvgIpc) is 2.71. The van der Waals surface area contributed by atoms with Gasteiger partial charge in [-0.1, -0.05) is 21.8 Å². The lowest BCUT2D eigenvalue weighted by atomic mass is 9.55. The molecule has 8 fully saturated rings. The predicted molar refractivity (Wildman–Crippen MR) is 134 cm³/mol. The van der Waals surface area contributed by atoms with E-state index in [1.807, 2.05) is 0 Å². The Morgan fingerprint density at radius 3 is 1.35 bits per heavy atom. The van der Waals surface area contributed by atoms with E-state index in [-0.39, 0.29) is 7.92 Å². The van der Waals surface area contributed by atoms with Gasteiger partial charge in [0.25, 0.3) is 0 Å². The van der Waals surface area contributed by atoms with Crippen molar-refractivity contribution in [3.05, 3.63) is 0 Å². The number of hydrogen-bond donors (Lipinski definition) is 1. The van der Waals surface area contributed by atoms with Crippen LogP contribution >= 0.6 is 7.92 Å². The van der Waals surface area contributed by atoms with E-state index in [1.54, 1.807) is 83.2 Å². The van der Waals surface area contributed by atoms with E-state index >= 15 is 0 Å². The molecular formula is C28H49N2P.